The van der Waals surface area contributed by atoms with Crippen molar-refractivity contribution >= 4 is 34.8 Å². The highest BCUT2D eigenvalue weighted by molar-refractivity contribution is 7.07. The lowest BCUT2D eigenvalue weighted by molar-refractivity contribution is -0.138. The highest BCUT2D eigenvalue weighted by Crippen LogP contribution is 2.36. The Kier molecular flexibility index (Phi) is 9.11. The van der Waals surface area contributed by atoms with E-state index in [9.17, 15) is 9.59 Å². The van der Waals surface area contributed by atoms with Gasteiger partial charge in [0, 0.05) is 36.0 Å². The number of hydrogen-bond acceptors (Lipinski definition) is 8. The summed E-state index contributed by atoms with van der Waals surface area (Å²) in [5.74, 6) is 0.814. The average molecular weight is 598 g/mol. The van der Waals surface area contributed by atoms with Crippen LogP contribution < -0.4 is 29.3 Å². The quantitative estimate of drug-likeness (QED) is 0.245. The highest BCUT2D eigenvalue weighted by Gasteiger charge is 2.35. The third-order valence-corrected chi connectivity index (χ3v) is 8.42. The summed E-state index contributed by atoms with van der Waals surface area (Å²) in [5.41, 5.74) is 3.85. The Morgan fingerprint density at radius 2 is 1.70 bits per heavy atom. The number of anilines is 1. The number of nitrogens with zero attached hydrogens (tertiary/aromatic N) is 3. The molecule has 0 bridgehead atoms. The Hall–Kier alpha value is -4.63. The van der Waals surface area contributed by atoms with Crippen LogP contribution in [0.1, 0.15) is 43.5 Å². The molecule has 1 aromatic heterocycles. The molecule has 0 unspecified atom stereocenters. The Bertz CT molecular complexity index is 1820. The Labute approximate surface area is 254 Å². The molecule has 0 aliphatic carbocycles. The van der Waals surface area contributed by atoms with Gasteiger partial charge < -0.3 is 19.1 Å². The zero-order valence-corrected chi connectivity index (χ0v) is 25.8. The number of esters is 1. The highest BCUT2D eigenvalue weighted by atomic mass is 32.1. The van der Waals surface area contributed by atoms with Crippen LogP contribution in [-0.2, 0) is 9.53 Å². The van der Waals surface area contributed by atoms with Gasteiger partial charge in [0.25, 0.3) is 5.56 Å². The molecule has 0 saturated heterocycles. The van der Waals surface area contributed by atoms with E-state index >= 15 is 0 Å². The van der Waals surface area contributed by atoms with Crippen molar-refractivity contribution in [3.05, 3.63) is 115 Å². The maximum absolute atomic E-state index is 14.2. The van der Waals surface area contributed by atoms with Crippen molar-refractivity contribution in [2.75, 3.05) is 38.8 Å². The van der Waals surface area contributed by atoms with E-state index in [1.807, 2.05) is 78.9 Å². The summed E-state index contributed by atoms with van der Waals surface area (Å²) in [7, 11) is 3.22. The molecule has 0 N–H and O–H groups in total. The van der Waals surface area contributed by atoms with Crippen LogP contribution in [0.5, 0.6) is 11.5 Å². The number of hydrogen-bond donors (Lipinski definition) is 0. The van der Waals surface area contributed by atoms with Crippen LogP contribution in [0.3, 0.4) is 0 Å². The normalized spacial score (nSPS) is 14.6. The molecule has 8 nitrogen and oxygen atoms in total. The lowest BCUT2D eigenvalue weighted by Gasteiger charge is -2.26. The van der Waals surface area contributed by atoms with Crippen molar-refractivity contribution in [3.63, 3.8) is 0 Å². The molecule has 0 saturated carbocycles. The van der Waals surface area contributed by atoms with Crippen LogP contribution in [0.4, 0.5) is 5.69 Å². The zero-order chi connectivity index (χ0) is 30.5. The van der Waals surface area contributed by atoms with Crippen molar-refractivity contribution in [2.45, 2.75) is 26.8 Å². The van der Waals surface area contributed by atoms with Gasteiger partial charge >= 0.3 is 5.97 Å². The number of aromatic nitrogens is 1. The molecule has 0 amide bonds. The number of carbonyl (C=O) groups is 1. The van der Waals surface area contributed by atoms with Crippen molar-refractivity contribution in [1.29, 1.82) is 0 Å². The summed E-state index contributed by atoms with van der Waals surface area (Å²) >= 11 is 1.28. The molecule has 43 heavy (non-hydrogen) atoms. The number of thiazole rings is 1. The molecule has 1 aliphatic rings. The maximum atomic E-state index is 14.2. The van der Waals surface area contributed by atoms with E-state index in [0.717, 1.165) is 35.5 Å². The molecule has 1 aliphatic heterocycles. The van der Waals surface area contributed by atoms with Gasteiger partial charge in [-0.3, -0.25) is 9.36 Å². The Balaban J connectivity index is 1.77. The average Bonchev–Trinajstić information content (AvgIpc) is 3.36. The van der Waals surface area contributed by atoms with Gasteiger partial charge in [-0.1, -0.05) is 53.8 Å². The Morgan fingerprint density at radius 3 is 2.33 bits per heavy atom. The van der Waals surface area contributed by atoms with Gasteiger partial charge in [-0.05, 0) is 56.7 Å². The SMILES string of the molecule is CCOC(=O)C1=C(c2ccccc2)N=c2s/c(=C\c3ccc(N(CC)CC)cc3OC)c(=O)n2[C@H]1c1ccc(OC)cc1. The van der Waals surface area contributed by atoms with Crippen molar-refractivity contribution in [1.82, 2.24) is 4.57 Å². The summed E-state index contributed by atoms with van der Waals surface area (Å²) in [6.07, 6.45) is 1.83. The van der Waals surface area contributed by atoms with Gasteiger partial charge in [-0.2, -0.15) is 0 Å². The van der Waals surface area contributed by atoms with Crippen LogP contribution >= 0.6 is 11.3 Å². The first-order chi connectivity index (χ1) is 20.9. The van der Waals surface area contributed by atoms with Crippen molar-refractivity contribution < 1.29 is 19.0 Å². The van der Waals surface area contributed by atoms with E-state index in [1.54, 1.807) is 25.7 Å². The Morgan fingerprint density at radius 1 is 0.977 bits per heavy atom. The molecule has 0 fully saturated rings. The lowest BCUT2D eigenvalue weighted by atomic mass is 9.93. The van der Waals surface area contributed by atoms with E-state index in [-0.39, 0.29) is 12.2 Å². The van der Waals surface area contributed by atoms with E-state index < -0.39 is 12.0 Å². The number of ether oxygens (including phenoxy) is 3. The number of rotatable bonds is 10. The number of fused-ring (bicyclic) bond motifs is 1. The summed E-state index contributed by atoms with van der Waals surface area (Å²) < 4.78 is 18.7. The minimum absolute atomic E-state index is 0.188. The molecule has 222 valence electrons. The van der Waals surface area contributed by atoms with E-state index in [2.05, 4.69) is 18.7 Å². The fourth-order valence-electron chi connectivity index (χ4n) is 5.29. The first kappa shape index (κ1) is 29.8. The number of methoxy groups -OCH3 is 2. The lowest BCUT2D eigenvalue weighted by Crippen LogP contribution is -2.40. The minimum atomic E-state index is -0.759. The fourth-order valence-corrected chi connectivity index (χ4v) is 6.28. The molecule has 9 heteroatoms. The van der Waals surface area contributed by atoms with Gasteiger partial charge in [0.1, 0.15) is 11.5 Å². The van der Waals surface area contributed by atoms with E-state index in [1.165, 1.54) is 11.3 Å². The number of carbonyl (C=O) groups excluding carboxylic acids is 1. The second-order valence-electron chi connectivity index (χ2n) is 9.80. The predicted octanol–water partition coefficient (Wildman–Crippen LogP) is 4.80. The predicted molar refractivity (Wildman–Crippen MR) is 171 cm³/mol. The molecule has 0 radical (unpaired) electrons. The first-order valence-electron chi connectivity index (χ1n) is 14.3. The summed E-state index contributed by atoms with van der Waals surface area (Å²) in [5, 5.41) is 0. The minimum Gasteiger partial charge on any atom is -0.497 e. The monoisotopic (exact) mass is 597 g/mol. The summed E-state index contributed by atoms with van der Waals surface area (Å²) in [6.45, 7) is 7.91. The van der Waals surface area contributed by atoms with Crippen LogP contribution in [0.2, 0.25) is 0 Å². The van der Waals surface area contributed by atoms with Crippen LogP contribution in [0.25, 0.3) is 11.8 Å². The molecule has 4 aromatic rings. The van der Waals surface area contributed by atoms with Gasteiger partial charge in [0.2, 0.25) is 0 Å². The van der Waals surface area contributed by atoms with Gasteiger partial charge in [-0.15, -0.1) is 0 Å². The summed E-state index contributed by atoms with van der Waals surface area (Å²) in [6, 6.07) is 22.1. The molecule has 2 heterocycles. The molecule has 0 spiro atoms. The van der Waals surface area contributed by atoms with Gasteiger partial charge in [0.05, 0.1) is 42.7 Å². The van der Waals surface area contributed by atoms with E-state index in [4.69, 9.17) is 19.2 Å². The molecular formula is C34H35N3O5S. The molecule has 5 rings (SSSR count). The third-order valence-electron chi connectivity index (χ3n) is 7.44. The smallest absolute Gasteiger partial charge is 0.338 e. The van der Waals surface area contributed by atoms with Gasteiger partial charge in [-0.25, -0.2) is 9.79 Å². The fraction of sp³-hybridized carbons (Fsp3) is 0.265. The maximum Gasteiger partial charge on any atom is 0.338 e. The van der Waals surface area contributed by atoms with Gasteiger partial charge in [0.15, 0.2) is 4.80 Å². The standard InChI is InChI=1S/C34H35N3O5S/c1-6-36(7-2)25-17-14-24(27(21-25)41-5)20-28-32(38)37-31(23-15-18-26(40-4)19-16-23)29(33(39)42-8-3)30(35-34(37)43-28)22-12-10-9-11-13-22/h9-21,31H,6-8H2,1-5H3/b28-20-/t31-/m0/s1. The topological polar surface area (TPSA) is 82.4 Å². The van der Waals surface area contributed by atoms with Crippen molar-refractivity contribution in [3.8, 4) is 11.5 Å². The van der Waals surface area contributed by atoms with Crippen LogP contribution in [0.15, 0.2) is 88.2 Å². The largest absolute Gasteiger partial charge is 0.497 e. The third kappa shape index (κ3) is 5.85. The van der Waals surface area contributed by atoms with Crippen molar-refractivity contribution in [2.24, 2.45) is 4.99 Å². The molecule has 1 atom stereocenters. The summed E-state index contributed by atoms with van der Waals surface area (Å²) in [4.78, 5) is 35.5. The first-order valence-corrected chi connectivity index (χ1v) is 15.1. The van der Waals surface area contributed by atoms with Crippen LogP contribution in [0, 0.1) is 0 Å². The second-order valence-corrected chi connectivity index (χ2v) is 10.8. The molecule has 3 aromatic carbocycles. The zero-order valence-electron chi connectivity index (χ0n) is 25.0. The molecular weight excluding hydrogens is 562 g/mol. The number of benzene rings is 3. The van der Waals surface area contributed by atoms with E-state index in [0.29, 0.717) is 32.1 Å². The van der Waals surface area contributed by atoms with Crippen LogP contribution in [-0.4, -0.2) is 44.5 Å². The second kappa shape index (κ2) is 13.1.